The Kier molecular flexibility index (Phi) is 6.94. The minimum atomic E-state index is -0.838. The first-order valence-electron chi connectivity index (χ1n) is 9.22. The number of nitrogens with zero attached hydrogens (tertiary/aromatic N) is 2. The highest BCUT2D eigenvalue weighted by Crippen LogP contribution is 2.17. The highest BCUT2D eigenvalue weighted by Gasteiger charge is 2.17. The Hall–Kier alpha value is -3.94. The maximum Gasteiger partial charge on any atom is 0.328 e. The number of esters is 1. The van der Waals surface area contributed by atoms with Crippen molar-refractivity contribution in [3.8, 4) is 17.2 Å². The molecule has 3 rings (SSSR count). The zero-order chi connectivity index (χ0) is 21.3. The first kappa shape index (κ1) is 20.8. The Balaban J connectivity index is 1.46. The fourth-order valence-corrected chi connectivity index (χ4v) is 2.47. The summed E-state index contributed by atoms with van der Waals surface area (Å²) < 4.78 is 15.7. The average Bonchev–Trinajstić information content (AvgIpc) is 3.26. The molecule has 2 aromatic carbocycles. The standard InChI is InChI=1S/C22H21N3O5/c1-15(23-19(26)13-10-16-8-11-18(28-2)12-9-16)22(27)29-14-20-24-25-21(30-20)17-6-4-3-5-7-17/h3-13,15H,14H2,1-2H3,(H,23,26)/b13-10+/t15-/m1/s1. The number of carbonyl (C=O) groups excluding carboxylic acids is 2. The van der Waals surface area contributed by atoms with Gasteiger partial charge in [-0.1, -0.05) is 30.3 Å². The van der Waals surface area contributed by atoms with Gasteiger partial charge < -0.3 is 19.2 Å². The first-order chi connectivity index (χ1) is 14.5. The summed E-state index contributed by atoms with van der Waals surface area (Å²) in [6, 6.07) is 15.6. The molecule has 0 spiro atoms. The second-order valence-corrected chi connectivity index (χ2v) is 6.31. The molecule has 0 aliphatic heterocycles. The summed E-state index contributed by atoms with van der Waals surface area (Å²) in [5.74, 6) is 0.206. The van der Waals surface area contributed by atoms with Gasteiger partial charge in [-0.15, -0.1) is 10.2 Å². The molecule has 154 valence electrons. The molecule has 30 heavy (non-hydrogen) atoms. The van der Waals surface area contributed by atoms with Crippen LogP contribution < -0.4 is 10.1 Å². The second kappa shape index (κ2) is 10.0. The monoisotopic (exact) mass is 407 g/mol. The third kappa shape index (κ3) is 5.78. The van der Waals surface area contributed by atoms with Crippen molar-refractivity contribution in [2.45, 2.75) is 19.6 Å². The number of hydrogen-bond donors (Lipinski definition) is 1. The van der Waals surface area contributed by atoms with E-state index in [1.54, 1.807) is 25.3 Å². The van der Waals surface area contributed by atoms with Gasteiger partial charge in [0.2, 0.25) is 11.8 Å². The second-order valence-electron chi connectivity index (χ2n) is 6.31. The molecule has 1 heterocycles. The summed E-state index contributed by atoms with van der Waals surface area (Å²) in [6.07, 6.45) is 2.98. The molecule has 1 aromatic heterocycles. The fourth-order valence-electron chi connectivity index (χ4n) is 2.47. The number of carbonyl (C=O) groups is 2. The molecular weight excluding hydrogens is 386 g/mol. The Labute approximate surface area is 173 Å². The summed E-state index contributed by atoms with van der Waals surface area (Å²) in [6.45, 7) is 1.35. The number of methoxy groups -OCH3 is 1. The molecule has 8 nitrogen and oxygen atoms in total. The molecule has 0 saturated carbocycles. The largest absolute Gasteiger partial charge is 0.497 e. The predicted molar refractivity (Wildman–Crippen MR) is 109 cm³/mol. The van der Waals surface area contributed by atoms with E-state index < -0.39 is 17.9 Å². The van der Waals surface area contributed by atoms with Crippen molar-refractivity contribution in [2.75, 3.05) is 7.11 Å². The number of nitrogens with one attached hydrogen (secondary N) is 1. The van der Waals surface area contributed by atoms with E-state index in [1.165, 1.54) is 13.0 Å². The van der Waals surface area contributed by atoms with E-state index in [4.69, 9.17) is 13.9 Å². The van der Waals surface area contributed by atoms with Gasteiger partial charge >= 0.3 is 5.97 Å². The lowest BCUT2D eigenvalue weighted by molar-refractivity contribution is -0.148. The lowest BCUT2D eigenvalue weighted by Gasteiger charge is -2.11. The predicted octanol–water partition coefficient (Wildman–Crippen LogP) is 3.01. The summed E-state index contributed by atoms with van der Waals surface area (Å²) in [4.78, 5) is 24.1. The van der Waals surface area contributed by atoms with E-state index in [0.29, 0.717) is 5.89 Å². The van der Waals surface area contributed by atoms with Gasteiger partial charge in [-0.2, -0.15) is 0 Å². The van der Waals surface area contributed by atoms with Gasteiger partial charge in [0.25, 0.3) is 5.89 Å². The van der Waals surface area contributed by atoms with Crippen molar-refractivity contribution in [1.82, 2.24) is 15.5 Å². The minimum Gasteiger partial charge on any atom is -0.497 e. The van der Waals surface area contributed by atoms with Gasteiger partial charge in [-0.05, 0) is 42.8 Å². The lowest BCUT2D eigenvalue weighted by atomic mass is 10.2. The van der Waals surface area contributed by atoms with Gasteiger partial charge in [0.05, 0.1) is 7.11 Å². The normalized spacial score (nSPS) is 11.8. The maximum absolute atomic E-state index is 12.1. The molecule has 0 unspecified atom stereocenters. The van der Waals surface area contributed by atoms with E-state index in [0.717, 1.165) is 16.9 Å². The van der Waals surface area contributed by atoms with Crippen LogP contribution in [0, 0.1) is 0 Å². The van der Waals surface area contributed by atoms with Gasteiger partial charge in [-0.3, -0.25) is 4.79 Å². The summed E-state index contributed by atoms with van der Waals surface area (Å²) in [7, 11) is 1.58. The Morgan fingerprint density at radius 1 is 1.10 bits per heavy atom. The van der Waals surface area contributed by atoms with Crippen LogP contribution in [0.1, 0.15) is 18.4 Å². The van der Waals surface area contributed by atoms with Crippen LogP contribution in [0.2, 0.25) is 0 Å². The molecule has 1 amide bonds. The number of rotatable bonds is 8. The van der Waals surface area contributed by atoms with Crippen molar-refractivity contribution < 1.29 is 23.5 Å². The molecule has 0 aliphatic carbocycles. The van der Waals surface area contributed by atoms with E-state index in [9.17, 15) is 9.59 Å². The van der Waals surface area contributed by atoms with Crippen molar-refractivity contribution in [3.63, 3.8) is 0 Å². The Morgan fingerprint density at radius 3 is 2.53 bits per heavy atom. The minimum absolute atomic E-state index is 0.167. The van der Waals surface area contributed by atoms with Gasteiger partial charge in [0.15, 0.2) is 6.61 Å². The highest BCUT2D eigenvalue weighted by atomic mass is 16.5. The van der Waals surface area contributed by atoms with Crippen molar-refractivity contribution in [3.05, 3.63) is 72.1 Å². The first-order valence-corrected chi connectivity index (χ1v) is 9.22. The average molecular weight is 407 g/mol. The molecule has 0 aliphatic rings. The molecule has 0 radical (unpaired) electrons. The van der Waals surface area contributed by atoms with Crippen LogP contribution in [0.4, 0.5) is 0 Å². The molecule has 0 bridgehead atoms. The van der Waals surface area contributed by atoms with E-state index in [-0.39, 0.29) is 12.5 Å². The molecule has 1 N–H and O–H groups in total. The van der Waals surface area contributed by atoms with E-state index >= 15 is 0 Å². The fraction of sp³-hybridized carbons (Fsp3) is 0.182. The molecule has 0 fully saturated rings. The molecule has 1 atom stereocenters. The van der Waals surface area contributed by atoms with E-state index in [2.05, 4.69) is 15.5 Å². The van der Waals surface area contributed by atoms with Crippen LogP contribution in [0.25, 0.3) is 17.5 Å². The molecular formula is C22H21N3O5. The van der Waals surface area contributed by atoms with Crippen molar-refractivity contribution >= 4 is 18.0 Å². The quantitative estimate of drug-likeness (QED) is 0.452. The van der Waals surface area contributed by atoms with Gasteiger partial charge in [0, 0.05) is 11.6 Å². The summed E-state index contributed by atoms with van der Waals surface area (Å²) >= 11 is 0. The summed E-state index contributed by atoms with van der Waals surface area (Å²) in [5.41, 5.74) is 1.60. The lowest BCUT2D eigenvalue weighted by Crippen LogP contribution is -2.38. The van der Waals surface area contributed by atoms with E-state index in [1.807, 2.05) is 42.5 Å². The van der Waals surface area contributed by atoms with Gasteiger partial charge in [-0.25, -0.2) is 4.79 Å². The number of amides is 1. The maximum atomic E-state index is 12.1. The third-order valence-electron chi connectivity index (χ3n) is 4.08. The topological polar surface area (TPSA) is 104 Å². The van der Waals surface area contributed by atoms with Crippen LogP contribution in [-0.4, -0.2) is 35.2 Å². The number of hydrogen-bond acceptors (Lipinski definition) is 7. The number of aromatic nitrogens is 2. The molecule has 3 aromatic rings. The van der Waals surface area contributed by atoms with Crippen LogP contribution >= 0.6 is 0 Å². The summed E-state index contributed by atoms with van der Waals surface area (Å²) in [5, 5.41) is 10.3. The van der Waals surface area contributed by atoms with Crippen LogP contribution in [0.5, 0.6) is 5.75 Å². The van der Waals surface area contributed by atoms with Crippen molar-refractivity contribution in [2.24, 2.45) is 0 Å². The number of benzene rings is 2. The molecule has 0 saturated heterocycles. The molecule has 8 heteroatoms. The zero-order valence-electron chi connectivity index (χ0n) is 16.6. The third-order valence-corrected chi connectivity index (χ3v) is 4.08. The van der Waals surface area contributed by atoms with Crippen LogP contribution in [-0.2, 0) is 20.9 Å². The smallest absolute Gasteiger partial charge is 0.328 e. The SMILES string of the molecule is COc1ccc(/C=C/C(=O)N[C@H](C)C(=O)OCc2nnc(-c3ccccc3)o2)cc1. The Morgan fingerprint density at radius 2 is 1.83 bits per heavy atom. The van der Waals surface area contributed by atoms with Crippen LogP contribution in [0.15, 0.2) is 65.1 Å². The van der Waals surface area contributed by atoms with Crippen LogP contribution in [0.3, 0.4) is 0 Å². The number of ether oxygens (including phenoxy) is 2. The highest BCUT2D eigenvalue weighted by molar-refractivity contribution is 5.94. The zero-order valence-corrected chi connectivity index (χ0v) is 16.6. The van der Waals surface area contributed by atoms with Crippen molar-refractivity contribution in [1.29, 1.82) is 0 Å². The Bertz CT molecular complexity index is 1010. The van der Waals surface area contributed by atoms with Gasteiger partial charge in [0.1, 0.15) is 11.8 Å².